The zero-order chi connectivity index (χ0) is 19.9. The smallest absolute Gasteiger partial charge is 0.411 e. The maximum absolute atomic E-state index is 12.6. The van der Waals surface area contributed by atoms with Crippen molar-refractivity contribution in [1.82, 2.24) is 15.1 Å². The van der Waals surface area contributed by atoms with E-state index in [1.54, 1.807) is 17.0 Å². The summed E-state index contributed by atoms with van der Waals surface area (Å²) >= 11 is 7.16. The Bertz CT molecular complexity index is 659. The van der Waals surface area contributed by atoms with Crippen molar-refractivity contribution < 1.29 is 19.1 Å². The van der Waals surface area contributed by atoms with Crippen LogP contribution in [0.2, 0.25) is 4.34 Å². The summed E-state index contributed by atoms with van der Waals surface area (Å²) in [5.74, 6) is -0.160. The summed E-state index contributed by atoms with van der Waals surface area (Å²) in [4.78, 5) is 29.5. The van der Waals surface area contributed by atoms with Gasteiger partial charge in [0.2, 0.25) is 0 Å². The second-order valence-corrected chi connectivity index (χ2v) is 8.96. The van der Waals surface area contributed by atoms with Gasteiger partial charge in [-0.25, -0.2) is 4.79 Å². The fourth-order valence-electron chi connectivity index (χ4n) is 3.50. The van der Waals surface area contributed by atoms with Crippen LogP contribution < -0.4 is 5.32 Å². The molecule has 2 fully saturated rings. The lowest BCUT2D eigenvalue weighted by Crippen LogP contribution is -2.50. The average molecular weight is 430 g/mol. The van der Waals surface area contributed by atoms with E-state index in [0.717, 1.165) is 32.4 Å². The van der Waals surface area contributed by atoms with Crippen molar-refractivity contribution in [2.75, 3.05) is 39.4 Å². The number of ether oxygens (including phenoxy) is 2. The van der Waals surface area contributed by atoms with Crippen LogP contribution in [-0.2, 0) is 9.47 Å². The van der Waals surface area contributed by atoms with E-state index in [1.807, 2.05) is 6.92 Å². The van der Waals surface area contributed by atoms with E-state index in [-0.39, 0.29) is 24.3 Å². The van der Waals surface area contributed by atoms with Gasteiger partial charge in [-0.3, -0.25) is 9.69 Å². The van der Waals surface area contributed by atoms with Gasteiger partial charge < -0.3 is 19.7 Å². The molecule has 0 aliphatic carbocycles. The van der Waals surface area contributed by atoms with E-state index in [9.17, 15) is 9.59 Å². The molecule has 0 saturated carbocycles. The van der Waals surface area contributed by atoms with E-state index in [4.69, 9.17) is 21.1 Å². The van der Waals surface area contributed by atoms with Crippen LogP contribution in [0.25, 0.3) is 0 Å². The van der Waals surface area contributed by atoms with Gasteiger partial charge in [-0.1, -0.05) is 11.6 Å². The molecule has 156 valence electrons. The largest absolute Gasteiger partial charge is 0.430 e. The molecule has 0 radical (unpaired) electrons. The number of nitrogens with zero attached hydrogens (tertiary/aromatic N) is 2. The molecule has 28 heavy (non-hydrogen) atoms. The number of likely N-dealkylation sites (tertiary alicyclic amines) is 1. The van der Waals surface area contributed by atoms with Gasteiger partial charge >= 0.3 is 6.09 Å². The second kappa shape index (κ2) is 10.4. The summed E-state index contributed by atoms with van der Waals surface area (Å²) in [6.07, 6.45) is 3.07. The van der Waals surface area contributed by atoms with Crippen molar-refractivity contribution in [3.05, 3.63) is 21.3 Å². The quantitative estimate of drug-likeness (QED) is 0.751. The highest BCUT2D eigenvalue weighted by Crippen LogP contribution is 2.22. The maximum Gasteiger partial charge on any atom is 0.411 e. The van der Waals surface area contributed by atoms with Crippen LogP contribution in [0.1, 0.15) is 42.3 Å². The van der Waals surface area contributed by atoms with Crippen molar-refractivity contribution in [3.63, 3.8) is 0 Å². The van der Waals surface area contributed by atoms with E-state index in [0.29, 0.717) is 41.9 Å². The van der Waals surface area contributed by atoms with Crippen LogP contribution in [0.5, 0.6) is 0 Å². The predicted octanol–water partition coefficient (Wildman–Crippen LogP) is 3.19. The highest BCUT2D eigenvalue weighted by atomic mass is 35.5. The lowest BCUT2D eigenvalue weighted by Gasteiger charge is -2.36. The molecular weight excluding hydrogens is 402 g/mol. The number of hydrogen-bond donors (Lipinski definition) is 1. The van der Waals surface area contributed by atoms with Crippen LogP contribution in [-0.4, -0.2) is 73.5 Å². The topological polar surface area (TPSA) is 71.1 Å². The first-order valence-corrected chi connectivity index (χ1v) is 11.1. The molecule has 0 bridgehead atoms. The number of morpholine rings is 1. The van der Waals surface area contributed by atoms with Crippen LogP contribution in [0.4, 0.5) is 4.79 Å². The standard InChI is InChI=1S/C19H28ClN3O4S/c1-14(21-18(24)15-5-6-16(20)28-15)13-17(22-9-11-26-12-10-22)27-19(25)23-7-3-2-4-8-23/h5-6,14,17H,2-4,7-13H2,1H3,(H,21,24)/t14-,17?/m0/s1. The molecule has 0 aromatic carbocycles. The van der Waals surface area contributed by atoms with E-state index in [2.05, 4.69) is 10.2 Å². The van der Waals surface area contributed by atoms with Crippen molar-refractivity contribution >= 4 is 34.9 Å². The minimum absolute atomic E-state index is 0.157. The summed E-state index contributed by atoms with van der Waals surface area (Å²) in [5.41, 5.74) is 0. The molecular formula is C19H28ClN3O4S. The number of carbonyl (C=O) groups excluding carboxylic acids is 2. The van der Waals surface area contributed by atoms with Crippen LogP contribution in [0.3, 0.4) is 0 Å². The summed E-state index contributed by atoms with van der Waals surface area (Å²) in [5, 5.41) is 2.98. The number of piperidine rings is 1. The molecule has 9 heteroatoms. The highest BCUT2D eigenvalue weighted by molar-refractivity contribution is 7.17. The number of hydrogen-bond acceptors (Lipinski definition) is 6. The number of amides is 2. The molecule has 2 aliphatic heterocycles. The third kappa shape index (κ3) is 6.07. The molecule has 0 spiro atoms. The van der Waals surface area contributed by atoms with E-state index >= 15 is 0 Å². The maximum atomic E-state index is 12.6. The Morgan fingerprint density at radius 1 is 1.21 bits per heavy atom. The zero-order valence-corrected chi connectivity index (χ0v) is 17.8. The molecule has 2 aliphatic rings. The fraction of sp³-hybridized carbons (Fsp3) is 0.684. The minimum atomic E-state index is -0.388. The van der Waals surface area contributed by atoms with E-state index in [1.165, 1.54) is 11.3 Å². The second-order valence-electron chi connectivity index (χ2n) is 7.25. The summed E-state index contributed by atoms with van der Waals surface area (Å²) in [6.45, 7) is 6.08. The van der Waals surface area contributed by atoms with Crippen molar-refractivity contribution in [1.29, 1.82) is 0 Å². The number of thiophene rings is 1. The lowest BCUT2D eigenvalue weighted by atomic mass is 10.1. The Kier molecular flexibility index (Phi) is 7.96. The third-order valence-electron chi connectivity index (χ3n) is 5.03. The Labute approximate surface area is 174 Å². The van der Waals surface area contributed by atoms with Crippen LogP contribution in [0, 0.1) is 0 Å². The Balaban J connectivity index is 1.59. The SMILES string of the molecule is C[C@@H](CC(OC(=O)N1CCCCC1)N1CCOCC1)NC(=O)c1ccc(Cl)s1. The predicted molar refractivity (Wildman–Crippen MR) is 109 cm³/mol. The molecule has 3 rings (SSSR count). The molecule has 1 N–H and O–H groups in total. The van der Waals surface area contributed by atoms with Crippen LogP contribution >= 0.6 is 22.9 Å². The third-order valence-corrected chi connectivity index (χ3v) is 6.26. The number of nitrogens with one attached hydrogen (secondary N) is 1. The number of carbonyl (C=O) groups is 2. The van der Waals surface area contributed by atoms with Gasteiger partial charge in [-0.15, -0.1) is 11.3 Å². The highest BCUT2D eigenvalue weighted by Gasteiger charge is 2.29. The summed E-state index contributed by atoms with van der Waals surface area (Å²) in [6, 6.07) is 3.27. The average Bonchev–Trinajstić information content (AvgIpc) is 3.15. The molecule has 2 amide bonds. The fourth-order valence-corrected chi connectivity index (χ4v) is 4.44. The molecule has 1 aromatic heterocycles. The first kappa shape index (κ1) is 21.4. The Morgan fingerprint density at radius 2 is 1.93 bits per heavy atom. The van der Waals surface area contributed by atoms with Crippen molar-refractivity contribution in [2.24, 2.45) is 0 Å². The van der Waals surface area contributed by atoms with Crippen LogP contribution in [0.15, 0.2) is 12.1 Å². The Hall–Kier alpha value is -1.35. The van der Waals surface area contributed by atoms with Gasteiger partial charge in [0.1, 0.15) is 0 Å². The van der Waals surface area contributed by atoms with Crippen molar-refractivity contribution in [3.8, 4) is 0 Å². The molecule has 3 heterocycles. The molecule has 1 aromatic rings. The zero-order valence-electron chi connectivity index (χ0n) is 16.2. The molecule has 1 unspecified atom stereocenters. The van der Waals surface area contributed by atoms with Gasteiger partial charge in [0.05, 0.1) is 22.4 Å². The Morgan fingerprint density at radius 3 is 2.57 bits per heavy atom. The monoisotopic (exact) mass is 429 g/mol. The molecule has 2 atom stereocenters. The van der Waals surface area contributed by atoms with E-state index < -0.39 is 0 Å². The van der Waals surface area contributed by atoms with Gasteiger partial charge in [0.25, 0.3) is 5.91 Å². The van der Waals surface area contributed by atoms with Gasteiger partial charge in [-0.2, -0.15) is 0 Å². The normalized spacial score (nSPS) is 20.4. The van der Waals surface area contributed by atoms with Gasteiger partial charge in [0.15, 0.2) is 6.23 Å². The minimum Gasteiger partial charge on any atom is -0.430 e. The summed E-state index contributed by atoms with van der Waals surface area (Å²) in [7, 11) is 0. The first-order valence-electron chi connectivity index (χ1n) is 9.86. The summed E-state index contributed by atoms with van der Waals surface area (Å²) < 4.78 is 11.9. The van der Waals surface area contributed by atoms with Gasteiger partial charge in [0, 0.05) is 38.6 Å². The number of rotatable bonds is 6. The number of halogens is 1. The van der Waals surface area contributed by atoms with Gasteiger partial charge in [-0.05, 0) is 38.3 Å². The molecule has 2 saturated heterocycles. The lowest BCUT2D eigenvalue weighted by molar-refractivity contribution is -0.0781. The van der Waals surface area contributed by atoms with Crippen molar-refractivity contribution in [2.45, 2.75) is 44.9 Å². The molecule has 7 nitrogen and oxygen atoms in total. The first-order chi connectivity index (χ1) is 13.5.